The monoisotopic (exact) mass is 274 g/mol. The van der Waals surface area contributed by atoms with E-state index in [-0.39, 0.29) is 5.56 Å². The first-order valence-corrected chi connectivity index (χ1v) is 6.70. The number of aromatic nitrogens is 2. The van der Waals surface area contributed by atoms with Crippen molar-refractivity contribution in [3.8, 4) is 0 Å². The summed E-state index contributed by atoms with van der Waals surface area (Å²) in [6.07, 6.45) is 0. The summed E-state index contributed by atoms with van der Waals surface area (Å²) in [7, 11) is 0. The lowest BCUT2D eigenvalue weighted by atomic mass is 10.2. The largest absolute Gasteiger partial charge is 0.383 e. The van der Waals surface area contributed by atoms with Gasteiger partial charge in [-0.25, -0.2) is 4.98 Å². The predicted molar refractivity (Wildman–Crippen MR) is 77.5 cm³/mol. The SMILES string of the molecule is Cc1cc(=O)[nH]c(SCN=C(N)c2ccccc2)n1. The van der Waals surface area contributed by atoms with Crippen LogP contribution >= 0.6 is 11.8 Å². The van der Waals surface area contributed by atoms with Crippen molar-refractivity contribution < 1.29 is 0 Å². The second-order valence-electron chi connectivity index (χ2n) is 3.87. The Balaban J connectivity index is 2.01. The van der Waals surface area contributed by atoms with Gasteiger partial charge in [0.2, 0.25) is 0 Å². The van der Waals surface area contributed by atoms with E-state index in [9.17, 15) is 4.79 Å². The molecular weight excluding hydrogens is 260 g/mol. The van der Waals surface area contributed by atoms with Crippen LogP contribution in [0.2, 0.25) is 0 Å². The van der Waals surface area contributed by atoms with Gasteiger partial charge in [-0.3, -0.25) is 9.79 Å². The molecule has 0 atom stereocenters. The highest BCUT2D eigenvalue weighted by Gasteiger charge is 2.00. The van der Waals surface area contributed by atoms with E-state index in [0.717, 1.165) is 5.56 Å². The van der Waals surface area contributed by atoms with Crippen molar-refractivity contribution >= 4 is 17.6 Å². The number of aryl methyl sites for hydroxylation is 1. The molecule has 0 aliphatic heterocycles. The van der Waals surface area contributed by atoms with E-state index < -0.39 is 0 Å². The molecular formula is C13H14N4OS. The first kappa shape index (κ1) is 13.4. The number of nitrogens with zero attached hydrogens (tertiary/aromatic N) is 2. The molecule has 3 N–H and O–H groups in total. The predicted octanol–water partition coefficient (Wildman–Crippen LogP) is 1.53. The maximum atomic E-state index is 11.3. The number of aromatic amines is 1. The Morgan fingerprint density at radius 3 is 2.84 bits per heavy atom. The minimum Gasteiger partial charge on any atom is -0.383 e. The smallest absolute Gasteiger partial charge is 0.251 e. The van der Waals surface area contributed by atoms with Gasteiger partial charge in [0.25, 0.3) is 5.56 Å². The van der Waals surface area contributed by atoms with Gasteiger partial charge in [-0.2, -0.15) is 0 Å². The van der Waals surface area contributed by atoms with Crippen molar-refractivity contribution in [3.05, 3.63) is 58.0 Å². The van der Waals surface area contributed by atoms with Gasteiger partial charge in [0.15, 0.2) is 5.16 Å². The number of nitrogens with two attached hydrogens (primary N) is 1. The zero-order chi connectivity index (χ0) is 13.7. The molecule has 2 aromatic rings. The van der Waals surface area contributed by atoms with Gasteiger partial charge >= 0.3 is 0 Å². The lowest BCUT2D eigenvalue weighted by molar-refractivity contribution is 0.905. The summed E-state index contributed by atoms with van der Waals surface area (Å²) >= 11 is 1.34. The third kappa shape index (κ3) is 3.96. The Labute approximate surface area is 115 Å². The van der Waals surface area contributed by atoms with Crippen molar-refractivity contribution in [2.75, 3.05) is 5.88 Å². The Kier molecular flexibility index (Phi) is 4.35. The molecule has 0 aliphatic rings. The van der Waals surface area contributed by atoms with E-state index >= 15 is 0 Å². The fourth-order valence-electron chi connectivity index (χ4n) is 1.48. The molecule has 1 heterocycles. The van der Waals surface area contributed by atoms with E-state index in [4.69, 9.17) is 5.73 Å². The molecule has 5 nitrogen and oxygen atoms in total. The van der Waals surface area contributed by atoms with Crippen molar-refractivity contribution in [1.29, 1.82) is 0 Å². The summed E-state index contributed by atoms with van der Waals surface area (Å²) in [6, 6.07) is 11.0. The van der Waals surface area contributed by atoms with Crippen LogP contribution in [-0.4, -0.2) is 21.7 Å². The maximum absolute atomic E-state index is 11.3. The van der Waals surface area contributed by atoms with Crippen LogP contribution in [0, 0.1) is 6.92 Å². The molecule has 19 heavy (non-hydrogen) atoms. The molecule has 0 bridgehead atoms. The molecule has 0 saturated heterocycles. The molecule has 0 saturated carbocycles. The molecule has 2 rings (SSSR count). The molecule has 0 aliphatic carbocycles. The Bertz CT molecular complexity index is 637. The van der Waals surface area contributed by atoms with Crippen molar-refractivity contribution in [1.82, 2.24) is 9.97 Å². The summed E-state index contributed by atoms with van der Waals surface area (Å²) in [4.78, 5) is 22.4. The minimum absolute atomic E-state index is 0.157. The van der Waals surface area contributed by atoms with Crippen LogP contribution in [0.15, 0.2) is 51.3 Å². The molecule has 0 unspecified atom stereocenters. The van der Waals surface area contributed by atoms with Crippen LogP contribution in [-0.2, 0) is 0 Å². The van der Waals surface area contributed by atoms with Crippen LogP contribution < -0.4 is 11.3 Å². The third-order valence-electron chi connectivity index (χ3n) is 2.35. The van der Waals surface area contributed by atoms with Crippen LogP contribution in [0.25, 0.3) is 0 Å². The third-order valence-corrected chi connectivity index (χ3v) is 3.08. The highest BCUT2D eigenvalue weighted by atomic mass is 32.2. The van der Waals surface area contributed by atoms with Crippen molar-refractivity contribution in [2.45, 2.75) is 12.1 Å². The fourth-order valence-corrected chi connectivity index (χ4v) is 2.19. The van der Waals surface area contributed by atoms with Crippen LogP contribution in [0.3, 0.4) is 0 Å². The minimum atomic E-state index is -0.157. The second kappa shape index (κ2) is 6.19. The number of nitrogens with one attached hydrogen (secondary N) is 1. The van der Waals surface area contributed by atoms with Gasteiger partial charge in [0.1, 0.15) is 5.84 Å². The number of hydrogen-bond acceptors (Lipinski definition) is 4. The van der Waals surface area contributed by atoms with Crippen LogP contribution in [0.4, 0.5) is 0 Å². The number of aliphatic imine (C=N–C) groups is 1. The van der Waals surface area contributed by atoms with Crippen molar-refractivity contribution in [3.63, 3.8) is 0 Å². The molecule has 0 spiro atoms. The van der Waals surface area contributed by atoms with E-state index in [1.807, 2.05) is 30.3 Å². The fraction of sp³-hybridized carbons (Fsp3) is 0.154. The first-order chi connectivity index (χ1) is 9.15. The van der Waals surface area contributed by atoms with Gasteiger partial charge < -0.3 is 10.7 Å². The highest BCUT2D eigenvalue weighted by molar-refractivity contribution is 7.99. The topological polar surface area (TPSA) is 84.1 Å². The van der Waals surface area contributed by atoms with Gasteiger partial charge in [-0.15, -0.1) is 0 Å². The molecule has 1 aromatic carbocycles. The Hall–Kier alpha value is -2.08. The summed E-state index contributed by atoms with van der Waals surface area (Å²) in [5.74, 6) is 0.885. The Morgan fingerprint density at radius 2 is 2.16 bits per heavy atom. The summed E-state index contributed by atoms with van der Waals surface area (Å²) in [6.45, 7) is 1.78. The van der Waals surface area contributed by atoms with E-state index in [1.54, 1.807) is 6.92 Å². The quantitative estimate of drug-likeness (QED) is 0.383. The number of amidine groups is 1. The summed E-state index contributed by atoms with van der Waals surface area (Å²) < 4.78 is 0. The summed E-state index contributed by atoms with van der Waals surface area (Å²) in [5, 5.41) is 0.551. The zero-order valence-corrected chi connectivity index (χ0v) is 11.3. The lowest BCUT2D eigenvalue weighted by Gasteiger charge is -2.01. The van der Waals surface area contributed by atoms with E-state index in [2.05, 4.69) is 15.0 Å². The average Bonchev–Trinajstić information content (AvgIpc) is 2.38. The zero-order valence-electron chi connectivity index (χ0n) is 10.5. The number of H-pyrrole nitrogens is 1. The standard InChI is InChI=1S/C13H14N4OS/c1-9-7-11(18)17-13(16-9)19-8-15-12(14)10-5-3-2-4-6-10/h2-7H,8H2,1H3,(H2,14,15)(H,16,17,18). The average molecular weight is 274 g/mol. The van der Waals surface area contributed by atoms with E-state index in [0.29, 0.717) is 22.6 Å². The molecule has 0 fully saturated rings. The van der Waals surface area contributed by atoms with Gasteiger partial charge in [-0.05, 0) is 6.92 Å². The van der Waals surface area contributed by atoms with Gasteiger partial charge in [0.05, 0.1) is 5.88 Å². The first-order valence-electron chi connectivity index (χ1n) is 5.71. The summed E-state index contributed by atoms with van der Waals surface area (Å²) in [5.41, 5.74) is 7.28. The van der Waals surface area contributed by atoms with Gasteiger partial charge in [0, 0.05) is 17.3 Å². The molecule has 6 heteroatoms. The van der Waals surface area contributed by atoms with Crippen molar-refractivity contribution in [2.24, 2.45) is 10.7 Å². The maximum Gasteiger partial charge on any atom is 0.251 e. The molecule has 0 amide bonds. The van der Waals surface area contributed by atoms with Gasteiger partial charge in [-0.1, -0.05) is 42.1 Å². The second-order valence-corrected chi connectivity index (χ2v) is 4.81. The number of benzene rings is 1. The van der Waals surface area contributed by atoms with E-state index in [1.165, 1.54) is 17.8 Å². The molecule has 1 aromatic heterocycles. The molecule has 0 radical (unpaired) electrons. The number of hydrogen-bond donors (Lipinski definition) is 2. The molecule has 98 valence electrons. The lowest BCUT2D eigenvalue weighted by Crippen LogP contribution is -2.13. The number of thioether (sulfide) groups is 1. The highest BCUT2D eigenvalue weighted by Crippen LogP contribution is 2.11. The normalized spacial score (nSPS) is 11.5. The number of rotatable bonds is 4. The van der Waals surface area contributed by atoms with Crippen LogP contribution in [0.5, 0.6) is 0 Å². The van der Waals surface area contributed by atoms with Crippen LogP contribution in [0.1, 0.15) is 11.3 Å². The Morgan fingerprint density at radius 1 is 1.42 bits per heavy atom.